The molecule has 17 heavy (non-hydrogen) atoms. The van der Waals surface area contributed by atoms with Gasteiger partial charge in [-0.2, -0.15) is 0 Å². The molecule has 90 valence electrons. The normalized spacial score (nSPS) is 10.8. The van der Waals surface area contributed by atoms with Crippen LogP contribution in [0.15, 0.2) is 10.5 Å². The van der Waals surface area contributed by atoms with Gasteiger partial charge < -0.3 is 9.72 Å². The lowest BCUT2D eigenvalue weighted by Crippen LogP contribution is -2.06. The van der Waals surface area contributed by atoms with Crippen molar-refractivity contribution in [1.29, 1.82) is 0 Å². The van der Waals surface area contributed by atoms with Crippen LogP contribution in [0.4, 0.5) is 0 Å². The molecule has 0 unspecified atom stereocenters. The monoisotopic (exact) mass is 296 g/mol. The molecule has 2 aromatic rings. The number of rotatable bonds is 2. The molecule has 0 fully saturated rings. The summed E-state index contributed by atoms with van der Waals surface area (Å²) in [4.78, 5) is 18.8. The van der Waals surface area contributed by atoms with Crippen LogP contribution < -0.4 is 0 Å². The molecular formula is C12H13BrN2O2. The maximum absolute atomic E-state index is 11.6. The molecule has 0 aliphatic rings. The maximum atomic E-state index is 11.6. The van der Waals surface area contributed by atoms with E-state index in [0.717, 1.165) is 26.6 Å². The first-order valence-electron chi connectivity index (χ1n) is 5.37. The minimum atomic E-state index is -0.425. The zero-order valence-electron chi connectivity index (χ0n) is 9.93. The predicted molar refractivity (Wildman–Crippen MR) is 69.2 cm³/mol. The van der Waals surface area contributed by atoms with Gasteiger partial charge in [-0.3, -0.25) is 0 Å². The minimum absolute atomic E-state index is 0.243. The fourth-order valence-electron chi connectivity index (χ4n) is 1.63. The number of carbonyl (C=O) groups excluding carboxylic acids is 1. The fraction of sp³-hybridized carbons (Fsp3) is 0.333. The fourth-order valence-corrected chi connectivity index (χ4v) is 2.25. The number of benzene rings is 1. The Morgan fingerprint density at radius 3 is 2.88 bits per heavy atom. The van der Waals surface area contributed by atoms with Crippen LogP contribution in [0.5, 0.6) is 0 Å². The number of aryl methyl sites for hydroxylation is 1. The van der Waals surface area contributed by atoms with E-state index < -0.39 is 5.97 Å². The molecule has 0 aliphatic carbocycles. The van der Waals surface area contributed by atoms with Gasteiger partial charge in [0.15, 0.2) is 0 Å². The molecule has 0 saturated heterocycles. The highest BCUT2D eigenvalue weighted by Crippen LogP contribution is 2.28. The highest BCUT2D eigenvalue weighted by molar-refractivity contribution is 9.10. The molecule has 2 rings (SSSR count). The Morgan fingerprint density at radius 1 is 1.53 bits per heavy atom. The van der Waals surface area contributed by atoms with Gasteiger partial charge in [0.2, 0.25) is 5.82 Å². The molecule has 0 saturated carbocycles. The van der Waals surface area contributed by atoms with Gasteiger partial charge in [0.25, 0.3) is 0 Å². The van der Waals surface area contributed by atoms with Crippen LogP contribution in [0, 0.1) is 13.8 Å². The van der Waals surface area contributed by atoms with Crippen molar-refractivity contribution < 1.29 is 9.53 Å². The molecule has 1 aromatic heterocycles. The molecule has 0 amide bonds. The molecule has 0 bridgehead atoms. The summed E-state index contributed by atoms with van der Waals surface area (Å²) in [5, 5.41) is 0. The summed E-state index contributed by atoms with van der Waals surface area (Å²) in [6, 6.07) is 1.98. The van der Waals surface area contributed by atoms with Crippen molar-refractivity contribution in [2.24, 2.45) is 0 Å². The standard InChI is InChI=1S/C12H13BrN2O2/c1-4-17-12(16)11-14-8-5-6(2)7(3)9(13)10(8)15-11/h5H,4H2,1-3H3,(H,14,15). The SMILES string of the molecule is CCOC(=O)c1nc2c(Br)c(C)c(C)cc2[nH]1. The number of hydrogen-bond acceptors (Lipinski definition) is 3. The Hall–Kier alpha value is -1.36. The van der Waals surface area contributed by atoms with E-state index >= 15 is 0 Å². The third kappa shape index (κ3) is 2.07. The average molecular weight is 297 g/mol. The van der Waals surface area contributed by atoms with Crippen molar-refractivity contribution in [3.05, 3.63) is 27.5 Å². The van der Waals surface area contributed by atoms with Crippen LogP contribution in [0.25, 0.3) is 11.0 Å². The average Bonchev–Trinajstić information content (AvgIpc) is 2.70. The Morgan fingerprint density at radius 2 is 2.24 bits per heavy atom. The number of carbonyl (C=O) groups is 1. The Bertz CT molecular complexity index is 590. The topological polar surface area (TPSA) is 55.0 Å². The van der Waals surface area contributed by atoms with E-state index in [0.29, 0.717) is 6.61 Å². The molecule has 1 N–H and O–H groups in total. The maximum Gasteiger partial charge on any atom is 0.374 e. The summed E-state index contributed by atoms with van der Waals surface area (Å²) >= 11 is 3.50. The predicted octanol–water partition coefficient (Wildman–Crippen LogP) is 3.12. The first-order chi connectivity index (χ1) is 8.04. The lowest BCUT2D eigenvalue weighted by Gasteiger charge is -2.02. The second-order valence-corrected chi connectivity index (χ2v) is 4.63. The second-order valence-electron chi connectivity index (χ2n) is 3.83. The number of H-pyrrole nitrogens is 1. The highest BCUT2D eigenvalue weighted by Gasteiger charge is 2.15. The lowest BCUT2D eigenvalue weighted by atomic mass is 10.1. The summed E-state index contributed by atoms with van der Waals surface area (Å²) in [5.74, 6) is -0.182. The van der Waals surface area contributed by atoms with Gasteiger partial charge in [0, 0.05) is 4.47 Å². The van der Waals surface area contributed by atoms with Gasteiger partial charge in [0.05, 0.1) is 12.1 Å². The number of aromatic nitrogens is 2. The van der Waals surface area contributed by atoms with E-state index in [1.807, 2.05) is 19.9 Å². The molecule has 1 aromatic carbocycles. The van der Waals surface area contributed by atoms with Gasteiger partial charge in [-0.1, -0.05) is 0 Å². The summed E-state index contributed by atoms with van der Waals surface area (Å²) in [5.41, 5.74) is 3.86. The van der Waals surface area contributed by atoms with Gasteiger partial charge in [-0.25, -0.2) is 9.78 Å². The molecule has 1 heterocycles. The molecule has 4 nitrogen and oxygen atoms in total. The summed E-state index contributed by atoms with van der Waals surface area (Å²) in [6.07, 6.45) is 0. The number of hydrogen-bond donors (Lipinski definition) is 1. The van der Waals surface area contributed by atoms with E-state index in [1.54, 1.807) is 6.92 Å². The zero-order valence-corrected chi connectivity index (χ0v) is 11.5. The van der Waals surface area contributed by atoms with Gasteiger partial charge in [-0.05, 0) is 53.9 Å². The molecule has 0 radical (unpaired) electrons. The van der Waals surface area contributed by atoms with Crippen LogP contribution >= 0.6 is 15.9 Å². The van der Waals surface area contributed by atoms with E-state index in [9.17, 15) is 4.79 Å². The van der Waals surface area contributed by atoms with Crippen LogP contribution in [0.3, 0.4) is 0 Å². The van der Waals surface area contributed by atoms with Crippen molar-refractivity contribution in [2.75, 3.05) is 6.61 Å². The quantitative estimate of drug-likeness (QED) is 0.866. The summed E-state index contributed by atoms with van der Waals surface area (Å²) in [6.45, 7) is 6.14. The number of halogens is 1. The van der Waals surface area contributed by atoms with Gasteiger partial charge >= 0.3 is 5.97 Å². The highest BCUT2D eigenvalue weighted by atomic mass is 79.9. The number of fused-ring (bicyclic) bond motifs is 1. The third-order valence-corrected chi connectivity index (χ3v) is 3.66. The lowest BCUT2D eigenvalue weighted by molar-refractivity contribution is 0.0514. The number of imidazole rings is 1. The number of nitrogens with one attached hydrogen (secondary N) is 1. The summed E-state index contributed by atoms with van der Waals surface area (Å²) < 4.78 is 5.83. The van der Waals surface area contributed by atoms with Crippen molar-refractivity contribution in [1.82, 2.24) is 9.97 Å². The number of esters is 1. The number of aromatic amines is 1. The van der Waals surface area contributed by atoms with Crippen molar-refractivity contribution in [3.8, 4) is 0 Å². The first kappa shape index (κ1) is 12.1. The van der Waals surface area contributed by atoms with Crippen LogP contribution in [-0.2, 0) is 4.74 Å². The van der Waals surface area contributed by atoms with E-state index in [2.05, 4.69) is 25.9 Å². The smallest absolute Gasteiger partial charge is 0.374 e. The minimum Gasteiger partial charge on any atom is -0.460 e. The van der Waals surface area contributed by atoms with Crippen LogP contribution in [0.1, 0.15) is 28.7 Å². The zero-order chi connectivity index (χ0) is 12.6. The van der Waals surface area contributed by atoms with E-state index in [-0.39, 0.29) is 5.82 Å². The van der Waals surface area contributed by atoms with Crippen molar-refractivity contribution in [3.63, 3.8) is 0 Å². The molecule has 0 atom stereocenters. The Labute approximate surface area is 108 Å². The molecule has 5 heteroatoms. The van der Waals surface area contributed by atoms with Crippen LogP contribution in [0.2, 0.25) is 0 Å². The first-order valence-corrected chi connectivity index (χ1v) is 6.16. The second kappa shape index (κ2) is 4.49. The van der Waals surface area contributed by atoms with Gasteiger partial charge in [-0.15, -0.1) is 0 Å². The molecule has 0 spiro atoms. The summed E-state index contributed by atoms with van der Waals surface area (Å²) in [7, 11) is 0. The molecular weight excluding hydrogens is 284 g/mol. The van der Waals surface area contributed by atoms with Crippen molar-refractivity contribution >= 4 is 32.9 Å². The van der Waals surface area contributed by atoms with Gasteiger partial charge in [0.1, 0.15) is 5.52 Å². The Balaban J connectivity index is 2.58. The van der Waals surface area contributed by atoms with E-state index in [4.69, 9.17) is 4.74 Å². The third-order valence-electron chi connectivity index (χ3n) is 2.69. The Kier molecular flexibility index (Phi) is 3.19. The van der Waals surface area contributed by atoms with Crippen molar-refractivity contribution in [2.45, 2.75) is 20.8 Å². The van der Waals surface area contributed by atoms with E-state index in [1.165, 1.54) is 0 Å². The number of nitrogens with zero attached hydrogens (tertiary/aromatic N) is 1. The number of ether oxygens (including phenoxy) is 1. The van der Waals surface area contributed by atoms with Crippen LogP contribution in [-0.4, -0.2) is 22.5 Å². The largest absolute Gasteiger partial charge is 0.460 e. The molecule has 0 aliphatic heterocycles.